The van der Waals surface area contributed by atoms with Crippen molar-refractivity contribution in [2.24, 2.45) is 5.92 Å². The number of amides is 1. The first-order valence-corrected chi connectivity index (χ1v) is 10.7. The monoisotopic (exact) mass is 433 g/mol. The van der Waals surface area contributed by atoms with Crippen LogP contribution in [-0.2, 0) is 4.79 Å². The van der Waals surface area contributed by atoms with Gasteiger partial charge in [0.05, 0.1) is 14.2 Å². The predicted octanol–water partition coefficient (Wildman–Crippen LogP) is 3.23. The van der Waals surface area contributed by atoms with E-state index in [4.69, 9.17) is 15.2 Å². The molecule has 1 saturated heterocycles. The van der Waals surface area contributed by atoms with Gasteiger partial charge in [0.25, 0.3) is 0 Å². The molecule has 0 radical (unpaired) electrons. The van der Waals surface area contributed by atoms with Crippen molar-refractivity contribution < 1.29 is 18.7 Å². The van der Waals surface area contributed by atoms with E-state index in [0.717, 1.165) is 12.8 Å². The molecule has 0 unspecified atom stereocenters. The molecule has 31 heavy (non-hydrogen) atoms. The van der Waals surface area contributed by atoms with Crippen LogP contribution in [0.3, 0.4) is 0 Å². The predicted molar refractivity (Wildman–Crippen MR) is 119 cm³/mol. The Bertz CT molecular complexity index is 953. The van der Waals surface area contributed by atoms with Gasteiger partial charge in [-0.15, -0.1) is 0 Å². The zero-order valence-corrected chi connectivity index (χ0v) is 18.9. The molecule has 2 N–H and O–H groups in total. The molecule has 3 rings (SSSR count). The molecular weight excluding hydrogens is 401 g/mol. The number of halogens is 1. The van der Waals surface area contributed by atoms with Crippen molar-refractivity contribution >= 4 is 28.6 Å². The molecule has 0 saturated carbocycles. The molecule has 1 aliphatic heterocycles. The molecule has 9 heteroatoms. The Balaban J connectivity index is 1.81. The van der Waals surface area contributed by atoms with Crippen LogP contribution in [0.25, 0.3) is 10.9 Å². The van der Waals surface area contributed by atoms with E-state index in [9.17, 15) is 4.79 Å². The smallest absolute Gasteiger partial charge is 0.228 e. The van der Waals surface area contributed by atoms with E-state index in [-0.39, 0.29) is 34.8 Å². The van der Waals surface area contributed by atoms with Crippen molar-refractivity contribution in [2.45, 2.75) is 46.1 Å². The Kier molecular flexibility index (Phi) is 7.02. The summed E-state index contributed by atoms with van der Waals surface area (Å²) >= 11 is 0. The van der Waals surface area contributed by atoms with Gasteiger partial charge in [-0.05, 0) is 25.3 Å². The molecule has 1 fully saturated rings. The number of carbonyl (C=O) groups is 1. The number of methoxy groups -OCH3 is 2. The van der Waals surface area contributed by atoms with Crippen molar-refractivity contribution in [3.8, 4) is 11.5 Å². The molecule has 170 valence electrons. The number of piperazine rings is 1. The van der Waals surface area contributed by atoms with E-state index < -0.39 is 5.82 Å². The summed E-state index contributed by atoms with van der Waals surface area (Å²) in [4.78, 5) is 25.3. The standard InChI is InChI=1S/C22H32FN5O3/c1-13(2)7-6-8-17(29)27-9-10-28(14(3)12-27)22-25-19-15(21(24)26-22)11-16(30-4)20(31-5)18(19)23/h11,13-14H,6-10,12H2,1-5H3,(H2,24,25,26)/t14-/m0/s1. The number of benzene rings is 1. The fraction of sp³-hybridized carbons (Fsp3) is 0.591. The SMILES string of the molecule is COc1cc2c(N)nc(N3CCN(C(=O)CCCC(C)C)C[C@@H]3C)nc2c(F)c1OC. The number of aromatic nitrogens is 2. The van der Waals surface area contributed by atoms with Gasteiger partial charge in [-0.25, -0.2) is 9.37 Å². The van der Waals surface area contributed by atoms with Gasteiger partial charge in [-0.1, -0.05) is 20.3 Å². The molecule has 2 heterocycles. The van der Waals surface area contributed by atoms with E-state index in [1.807, 2.05) is 16.7 Å². The van der Waals surface area contributed by atoms with Gasteiger partial charge < -0.3 is 25.0 Å². The van der Waals surface area contributed by atoms with Crippen molar-refractivity contribution in [2.75, 3.05) is 44.5 Å². The van der Waals surface area contributed by atoms with Crippen molar-refractivity contribution in [3.63, 3.8) is 0 Å². The molecular formula is C22H32FN5O3. The molecule has 1 aromatic carbocycles. The number of rotatable bonds is 7. The lowest BCUT2D eigenvalue weighted by molar-refractivity contribution is -0.132. The summed E-state index contributed by atoms with van der Waals surface area (Å²) in [5.74, 6) is 0.845. The lowest BCUT2D eigenvalue weighted by atomic mass is 10.1. The highest BCUT2D eigenvalue weighted by atomic mass is 19.1. The third-order valence-corrected chi connectivity index (χ3v) is 5.70. The number of carbonyl (C=O) groups excluding carboxylic acids is 1. The summed E-state index contributed by atoms with van der Waals surface area (Å²) in [6.07, 6.45) is 2.52. The average Bonchev–Trinajstić information content (AvgIpc) is 2.73. The quantitative estimate of drug-likeness (QED) is 0.716. The lowest BCUT2D eigenvalue weighted by Gasteiger charge is -2.40. The largest absolute Gasteiger partial charge is 0.493 e. The maximum absolute atomic E-state index is 15.1. The topological polar surface area (TPSA) is 93.8 Å². The Morgan fingerprint density at radius 2 is 2.03 bits per heavy atom. The Labute approximate surface area is 182 Å². The van der Waals surface area contributed by atoms with Crippen LogP contribution in [0.15, 0.2) is 6.07 Å². The summed E-state index contributed by atoms with van der Waals surface area (Å²) in [7, 11) is 2.80. The highest BCUT2D eigenvalue weighted by molar-refractivity contribution is 5.92. The number of hydrogen-bond acceptors (Lipinski definition) is 7. The second kappa shape index (κ2) is 9.53. The van der Waals surface area contributed by atoms with Crippen LogP contribution in [-0.4, -0.2) is 60.7 Å². The molecule has 2 aromatic rings. The normalized spacial score (nSPS) is 16.8. The van der Waals surface area contributed by atoms with Gasteiger partial charge in [0.2, 0.25) is 11.9 Å². The number of fused-ring (bicyclic) bond motifs is 1. The molecule has 8 nitrogen and oxygen atoms in total. The first kappa shape index (κ1) is 22.8. The van der Waals surface area contributed by atoms with Crippen LogP contribution in [0.2, 0.25) is 0 Å². The fourth-order valence-electron chi connectivity index (χ4n) is 3.97. The second-order valence-corrected chi connectivity index (χ2v) is 8.40. The van der Waals surface area contributed by atoms with Gasteiger partial charge in [-0.3, -0.25) is 4.79 Å². The van der Waals surface area contributed by atoms with E-state index >= 15 is 4.39 Å². The maximum Gasteiger partial charge on any atom is 0.228 e. The minimum absolute atomic E-state index is 0.0242. The highest BCUT2D eigenvalue weighted by Gasteiger charge is 2.29. The van der Waals surface area contributed by atoms with Gasteiger partial charge in [0, 0.05) is 37.5 Å². The Morgan fingerprint density at radius 3 is 2.65 bits per heavy atom. The maximum atomic E-state index is 15.1. The van der Waals surface area contributed by atoms with E-state index in [1.165, 1.54) is 14.2 Å². The molecule has 1 aromatic heterocycles. The first-order valence-electron chi connectivity index (χ1n) is 10.7. The van der Waals surface area contributed by atoms with E-state index in [0.29, 0.717) is 43.3 Å². The molecule has 1 atom stereocenters. The highest BCUT2D eigenvalue weighted by Crippen LogP contribution is 2.37. The molecule has 0 bridgehead atoms. The van der Waals surface area contributed by atoms with Gasteiger partial charge in [0.15, 0.2) is 17.3 Å². The minimum Gasteiger partial charge on any atom is -0.493 e. The lowest BCUT2D eigenvalue weighted by Crippen LogP contribution is -2.54. The number of nitrogens with two attached hydrogens (primary N) is 1. The average molecular weight is 434 g/mol. The van der Waals surface area contributed by atoms with Crippen molar-refractivity contribution in [1.29, 1.82) is 0 Å². The number of anilines is 2. The second-order valence-electron chi connectivity index (χ2n) is 8.40. The summed E-state index contributed by atoms with van der Waals surface area (Å²) in [5, 5.41) is 0.366. The fourth-order valence-corrected chi connectivity index (χ4v) is 3.97. The molecule has 1 aliphatic rings. The zero-order chi connectivity index (χ0) is 22.7. The van der Waals surface area contributed by atoms with Gasteiger partial charge in [-0.2, -0.15) is 4.98 Å². The third kappa shape index (κ3) is 4.75. The van der Waals surface area contributed by atoms with Gasteiger partial charge in [0.1, 0.15) is 11.3 Å². The van der Waals surface area contributed by atoms with Crippen LogP contribution >= 0.6 is 0 Å². The van der Waals surface area contributed by atoms with Crippen molar-refractivity contribution in [1.82, 2.24) is 14.9 Å². The zero-order valence-electron chi connectivity index (χ0n) is 18.9. The minimum atomic E-state index is -0.640. The number of ether oxygens (including phenoxy) is 2. The van der Waals surface area contributed by atoms with Crippen molar-refractivity contribution in [3.05, 3.63) is 11.9 Å². The van der Waals surface area contributed by atoms with E-state index in [1.54, 1.807) is 6.07 Å². The summed E-state index contributed by atoms with van der Waals surface area (Å²) in [6.45, 7) is 8.01. The number of nitrogens with zero attached hydrogens (tertiary/aromatic N) is 4. The first-order chi connectivity index (χ1) is 14.8. The Morgan fingerprint density at radius 1 is 1.29 bits per heavy atom. The number of nitrogen functional groups attached to an aromatic ring is 1. The van der Waals surface area contributed by atoms with Crippen LogP contribution in [0.5, 0.6) is 11.5 Å². The van der Waals surface area contributed by atoms with Gasteiger partial charge >= 0.3 is 0 Å². The molecule has 0 aliphatic carbocycles. The third-order valence-electron chi connectivity index (χ3n) is 5.70. The summed E-state index contributed by atoms with van der Waals surface area (Å²) in [6, 6.07) is 1.55. The van der Waals surface area contributed by atoms with Crippen LogP contribution < -0.4 is 20.1 Å². The summed E-state index contributed by atoms with van der Waals surface area (Å²) < 4.78 is 25.4. The van der Waals surface area contributed by atoms with Crippen LogP contribution in [0, 0.1) is 11.7 Å². The summed E-state index contributed by atoms with van der Waals surface area (Å²) in [5.41, 5.74) is 6.23. The Hall–Kier alpha value is -2.84. The van der Waals surface area contributed by atoms with Crippen LogP contribution in [0.4, 0.5) is 16.2 Å². The van der Waals surface area contributed by atoms with E-state index in [2.05, 4.69) is 23.8 Å². The molecule has 1 amide bonds. The van der Waals surface area contributed by atoms with Crippen LogP contribution in [0.1, 0.15) is 40.0 Å². The molecule has 0 spiro atoms. The number of hydrogen-bond donors (Lipinski definition) is 1.